The second-order valence-electron chi connectivity index (χ2n) is 4.06. The molecule has 1 fully saturated rings. The molecule has 0 amide bonds. The van der Waals surface area contributed by atoms with Crippen molar-refractivity contribution in [1.82, 2.24) is 4.98 Å². The van der Waals surface area contributed by atoms with Gasteiger partial charge in [0.1, 0.15) is 5.82 Å². The SMILES string of the molecule is O=C(O)c1ccc(NS(=O)(=O)CC2CC2)nc1. The Hall–Kier alpha value is -1.63. The van der Waals surface area contributed by atoms with Crippen LogP contribution in [0.1, 0.15) is 23.2 Å². The average Bonchev–Trinajstić information content (AvgIpc) is 3.00. The Labute approximate surface area is 98.7 Å². The molecule has 1 aromatic heterocycles. The quantitative estimate of drug-likeness (QED) is 0.817. The third-order valence-corrected chi connectivity index (χ3v) is 3.85. The van der Waals surface area contributed by atoms with Crippen LogP contribution in [-0.4, -0.2) is 30.2 Å². The summed E-state index contributed by atoms with van der Waals surface area (Å²) in [5.41, 5.74) is 0.0233. The number of aromatic nitrogens is 1. The van der Waals surface area contributed by atoms with Crippen molar-refractivity contribution < 1.29 is 18.3 Å². The van der Waals surface area contributed by atoms with Gasteiger partial charge in [0.2, 0.25) is 10.0 Å². The highest BCUT2D eigenvalue weighted by atomic mass is 32.2. The standard InChI is InChI=1S/C10H12N2O4S/c13-10(14)8-3-4-9(11-5-8)12-17(15,16)6-7-1-2-7/h3-5,7H,1-2,6H2,(H,11,12)(H,13,14). The van der Waals surface area contributed by atoms with Gasteiger partial charge < -0.3 is 5.11 Å². The van der Waals surface area contributed by atoms with Crippen molar-refractivity contribution in [2.45, 2.75) is 12.8 Å². The Morgan fingerprint density at radius 1 is 1.47 bits per heavy atom. The van der Waals surface area contributed by atoms with E-state index < -0.39 is 16.0 Å². The molecule has 0 atom stereocenters. The van der Waals surface area contributed by atoms with Gasteiger partial charge >= 0.3 is 5.97 Å². The minimum atomic E-state index is -3.36. The molecule has 92 valence electrons. The molecule has 1 aliphatic carbocycles. The molecule has 0 radical (unpaired) electrons. The van der Waals surface area contributed by atoms with Gasteiger partial charge in [-0.05, 0) is 30.9 Å². The van der Waals surface area contributed by atoms with Crippen LogP contribution in [0.5, 0.6) is 0 Å². The monoisotopic (exact) mass is 256 g/mol. The first-order chi connectivity index (χ1) is 7.96. The lowest BCUT2D eigenvalue weighted by atomic mass is 10.3. The lowest BCUT2D eigenvalue weighted by Crippen LogP contribution is -2.18. The lowest BCUT2D eigenvalue weighted by molar-refractivity contribution is 0.0696. The summed E-state index contributed by atoms with van der Waals surface area (Å²) in [6.07, 6.45) is 3.02. The maximum absolute atomic E-state index is 11.6. The topological polar surface area (TPSA) is 96.4 Å². The van der Waals surface area contributed by atoms with Crippen LogP contribution in [0.15, 0.2) is 18.3 Å². The molecule has 1 aromatic rings. The number of carboxylic acids is 1. The van der Waals surface area contributed by atoms with E-state index in [1.165, 1.54) is 12.1 Å². The molecular formula is C10H12N2O4S. The van der Waals surface area contributed by atoms with Gasteiger partial charge in [0.05, 0.1) is 11.3 Å². The third-order valence-electron chi connectivity index (χ3n) is 2.42. The zero-order valence-corrected chi connectivity index (χ0v) is 9.77. The largest absolute Gasteiger partial charge is 0.478 e. The molecule has 6 nitrogen and oxygen atoms in total. The zero-order chi connectivity index (χ0) is 12.5. The van der Waals surface area contributed by atoms with Crippen LogP contribution in [0.3, 0.4) is 0 Å². The molecule has 2 rings (SSSR count). The molecule has 0 saturated heterocycles. The van der Waals surface area contributed by atoms with Crippen molar-refractivity contribution >= 4 is 21.8 Å². The van der Waals surface area contributed by atoms with Gasteiger partial charge in [-0.15, -0.1) is 0 Å². The fraction of sp³-hybridized carbons (Fsp3) is 0.400. The number of carboxylic acid groups (broad SMARTS) is 1. The van der Waals surface area contributed by atoms with E-state index in [-0.39, 0.29) is 23.1 Å². The Morgan fingerprint density at radius 2 is 2.18 bits per heavy atom. The molecule has 0 aromatic carbocycles. The molecule has 0 spiro atoms. The van der Waals surface area contributed by atoms with Gasteiger partial charge in [0, 0.05) is 6.20 Å². The van der Waals surface area contributed by atoms with Gasteiger partial charge in [-0.2, -0.15) is 0 Å². The van der Waals surface area contributed by atoms with Crippen molar-refractivity contribution in [2.24, 2.45) is 5.92 Å². The number of aromatic carboxylic acids is 1. The Bertz CT molecular complexity index is 520. The first-order valence-corrected chi connectivity index (χ1v) is 6.81. The van der Waals surface area contributed by atoms with Crippen molar-refractivity contribution in [1.29, 1.82) is 0 Å². The minimum absolute atomic E-state index is 0.0233. The fourth-order valence-corrected chi connectivity index (χ4v) is 2.85. The molecule has 0 bridgehead atoms. The van der Waals surface area contributed by atoms with Gasteiger partial charge in [0.15, 0.2) is 0 Å². The van der Waals surface area contributed by atoms with Crippen LogP contribution in [-0.2, 0) is 10.0 Å². The maximum Gasteiger partial charge on any atom is 0.337 e. The highest BCUT2D eigenvalue weighted by molar-refractivity contribution is 7.92. The number of nitrogens with one attached hydrogen (secondary N) is 1. The van der Waals surface area contributed by atoms with Gasteiger partial charge in [0.25, 0.3) is 0 Å². The van der Waals surface area contributed by atoms with Gasteiger partial charge in [-0.25, -0.2) is 18.2 Å². The Kier molecular flexibility index (Phi) is 3.01. The number of sulfonamides is 1. The van der Waals surface area contributed by atoms with Crippen molar-refractivity contribution in [3.63, 3.8) is 0 Å². The number of pyridine rings is 1. The number of rotatable bonds is 5. The molecule has 1 heterocycles. The van der Waals surface area contributed by atoms with E-state index in [2.05, 4.69) is 9.71 Å². The van der Waals surface area contributed by atoms with Gasteiger partial charge in [-0.3, -0.25) is 4.72 Å². The number of anilines is 1. The number of hydrogen-bond acceptors (Lipinski definition) is 4. The van der Waals surface area contributed by atoms with E-state index in [0.717, 1.165) is 19.0 Å². The highest BCUT2D eigenvalue weighted by Crippen LogP contribution is 2.30. The van der Waals surface area contributed by atoms with Crippen LogP contribution in [0.2, 0.25) is 0 Å². The molecule has 0 unspecified atom stereocenters. The molecule has 2 N–H and O–H groups in total. The maximum atomic E-state index is 11.6. The smallest absolute Gasteiger partial charge is 0.337 e. The summed E-state index contributed by atoms with van der Waals surface area (Å²) in [5, 5.41) is 8.66. The predicted octanol–water partition coefficient (Wildman–Crippen LogP) is 0.931. The first kappa shape index (κ1) is 11.8. The molecule has 1 aliphatic rings. The van der Waals surface area contributed by atoms with Crippen molar-refractivity contribution in [3.8, 4) is 0 Å². The van der Waals surface area contributed by atoms with E-state index in [9.17, 15) is 13.2 Å². The summed E-state index contributed by atoms with van der Waals surface area (Å²) >= 11 is 0. The predicted molar refractivity (Wildman–Crippen MR) is 61.3 cm³/mol. The van der Waals surface area contributed by atoms with E-state index >= 15 is 0 Å². The first-order valence-electron chi connectivity index (χ1n) is 5.16. The number of hydrogen-bond donors (Lipinski definition) is 2. The van der Waals surface area contributed by atoms with Crippen LogP contribution >= 0.6 is 0 Å². The molecule has 17 heavy (non-hydrogen) atoms. The highest BCUT2D eigenvalue weighted by Gasteiger charge is 2.28. The number of nitrogens with zero attached hydrogens (tertiary/aromatic N) is 1. The van der Waals surface area contributed by atoms with E-state index in [1.54, 1.807) is 0 Å². The number of carbonyl (C=O) groups is 1. The van der Waals surface area contributed by atoms with E-state index in [1.807, 2.05) is 0 Å². The second kappa shape index (κ2) is 4.33. The molecule has 1 saturated carbocycles. The third kappa shape index (κ3) is 3.42. The molecule has 0 aliphatic heterocycles. The summed E-state index contributed by atoms with van der Waals surface area (Å²) in [6, 6.07) is 2.65. The summed E-state index contributed by atoms with van der Waals surface area (Å²) in [7, 11) is -3.36. The van der Waals surface area contributed by atoms with E-state index in [0.29, 0.717) is 0 Å². The average molecular weight is 256 g/mol. The van der Waals surface area contributed by atoms with Crippen LogP contribution in [0.25, 0.3) is 0 Å². The molecular weight excluding hydrogens is 244 g/mol. The van der Waals surface area contributed by atoms with Crippen LogP contribution in [0, 0.1) is 5.92 Å². The van der Waals surface area contributed by atoms with Crippen LogP contribution < -0.4 is 4.72 Å². The fourth-order valence-electron chi connectivity index (χ4n) is 1.38. The Morgan fingerprint density at radius 3 is 2.65 bits per heavy atom. The van der Waals surface area contributed by atoms with Gasteiger partial charge in [-0.1, -0.05) is 0 Å². The van der Waals surface area contributed by atoms with Crippen molar-refractivity contribution in [2.75, 3.05) is 10.5 Å². The van der Waals surface area contributed by atoms with Crippen molar-refractivity contribution in [3.05, 3.63) is 23.9 Å². The second-order valence-corrected chi connectivity index (χ2v) is 5.83. The van der Waals surface area contributed by atoms with E-state index in [4.69, 9.17) is 5.11 Å². The summed E-state index contributed by atoms with van der Waals surface area (Å²) in [4.78, 5) is 14.3. The summed E-state index contributed by atoms with van der Waals surface area (Å²) in [6.45, 7) is 0. The minimum Gasteiger partial charge on any atom is -0.478 e. The molecule has 7 heteroatoms. The zero-order valence-electron chi connectivity index (χ0n) is 8.96. The lowest BCUT2D eigenvalue weighted by Gasteiger charge is -2.06. The summed E-state index contributed by atoms with van der Waals surface area (Å²) < 4.78 is 25.5. The van der Waals surface area contributed by atoms with Crippen LogP contribution in [0.4, 0.5) is 5.82 Å². The Balaban J connectivity index is 2.05. The normalized spacial score (nSPS) is 15.5. The summed E-state index contributed by atoms with van der Waals surface area (Å²) in [5.74, 6) is -0.582.